The van der Waals surface area contributed by atoms with Gasteiger partial charge in [0.1, 0.15) is 6.61 Å². The Labute approximate surface area is 155 Å². The zero-order chi connectivity index (χ0) is 19.1. The minimum absolute atomic E-state index is 0.0634. The molecule has 1 unspecified atom stereocenters. The summed E-state index contributed by atoms with van der Waals surface area (Å²) in [6, 6.07) is 13.2. The topological polar surface area (TPSA) is 56.8 Å². The Morgan fingerprint density at radius 1 is 1.00 bits per heavy atom. The van der Waals surface area contributed by atoms with Gasteiger partial charge in [0.15, 0.2) is 11.5 Å². The first kappa shape index (κ1) is 19.6. The van der Waals surface area contributed by atoms with Crippen LogP contribution in [0.15, 0.2) is 42.5 Å². The summed E-state index contributed by atoms with van der Waals surface area (Å²) < 4.78 is 16.8. The van der Waals surface area contributed by atoms with Crippen LogP contribution in [0.4, 0.5) is 0 Å². The third-order valence-corrected chi connectivity index (χ3v) is 4.31. The first-order chi connectivity index (χ1) is 12.5. The molecular weight excluding hydrogens is 330 g/mol. The van der Waals surface area contributed by atoms with Crippen molar-refractivity contribution in [2.45, 2.75) is 33.4 Å². The van der Waals surface area contributed by atoms with Gasteiger partial charge >= 0.3 is 0 Å². The fourth-order valence-corrected chi connectivity index (χ4v) is 2.34. The van der Waals surface area contributed by atoms with Crippen molar-refractivity contribution in [2.24, 2.45) is 5.92 Å². The molecule has 0 aliphatic rings. The second-order valence-corrected chi connectivity index (χ2v) is 6.49. The molecular formula is C21H27NO4. The van der Waals surface area contributed by atoms with E-state index < -0.39 is 0 Å². The molecule has 0 saturated heterocycles. The summed E-state index contributed by atoms with van der Waals surface area (Å²) in [5.41, 5.74) is 1.50. The van der Waals surface area contributed by atoms with E-state index in [1.807, 2.05) is 37.3 Å². The quantitative estimate of drug-likeness (QED) is 0.774. The first-order valence-corrected chi connectivity index (χ1v) is 8.69. The van der Waals surface area contributed by atoms with Crippen LogP contribution in [-0.2, 0) is 6.61 Å². The second-order valence-electron chi connectivity index (χ2n) is 6.49. The van der Waals surface area contributed by atoms with Crippen molar-refractivity contribution in [3.05, 3.63) is 53.6 Å². The normalized spacial score (nSPS) is 11.8. The molecule has 0 radical (unpaired) electrons. The zero-order valence-corrected chi connectivity index (χ0v) is 16.0. The van der Waals surface area contributed by atoms with Crippen LogP contribution in [-0.4, -0.2) is 26.2 Å². The summed E-state index contributed by atoms with van der Waals surface area (Å²) in [5, 5.41) is 2.98. The van der Waals surface area contributed by atoms with Gasteiger partial charge in [0.05, 0.1) is 14.2 Å². The largest absolute Gasteiger partial charge is 0.493 e. The highest BCUT2D eigenvalue weighted by molar-refractivity contribution is 5.95. The van der Waals surface area contributed by atoms with Gasteiger partial charge in [0.2, 0.25) is 5.75 Å². The lowest BCUT2D eigenvalue weighted by Gasteiger charge is -2.19. The smallest absolute Gasteiger partial charge is 0.251 e. The lowest BCUT2D eigenvalue weighted by molar-refractivity contribution is 0.0929. The Bertz CT molecular complexity index is 703. The van der Waals surface area contributed by atoms with Gasteiger partial charge in [-0.25, -0.2) is 0 Å². The Balaban J connectivity index is 2.25. The maximum atomic E-state index is 12.5. The van der Waals surface area contributed by atoms with E-state index in [2.05, 4.69) is 19.2 Å². The molecule has 0 bridgehead atoms. The van der Waals surface area contributed by atoms with E-state index in [0.29, 0.717) is 35.3 Å². The van der Waals surface area contributed by atoms with Crippen LogP contribution in [0.3, 0.4) is 0 Å². The molecule has 1 amide bonds. The number of ether oxygens (including phenoxy) is 3. The lowest BCUT2D eigenvalue weighted by Crippen LogP contribution is -2.36. The third kappa shape index (κ3) is 4.91. The number of hydrogen-bond donors (Lipinski definition) is 1. The predicted molar refractivity (Wildman–Crippen MR) is 102 cm³/mol. The lowest BCUT2D eigenvalue weighted by atomic mass is 10.1. The van der Waals surface area contributed by atoms with Crippen molar-refractivity contribution in [1.82, 2.24) is 5.32 Å². The van der Waals surface area contributed by atoms with Gasteiger partial charge in [-0.05, 0) is 30.5 Å². The number of rotatable bonds is 8. The summed E-state index contributed by atoms with van der Waals surface area (Å²) in [4.78, 5) is 12.5. The van der Waals surface area contributed by atoms with E-state index in [4.69, 9.17) is 14.2 Å². The monoisotopic (exact) mass is 357 g/mol. The average Bonchev–Trinajstić information content (AvgIpc) is 2.66. The summed E-state index contributed by atoms with van der Waals surface area (Å²) in [7, 11) is 3.09. The molecule has 1 atom stereocenters. The molecule has 0 aliphatic carbocycles. The van der Waals surface area contributed by atoms with Gasteiger partial charge in [-0.1, -0.05) is 44.2 Å². The van der Waals surface area contributed by atoms with Crippen molar-refractivity contribution in [1.29, 1.82) is 0 Å². The summed E-state index contributed by atoms with van der Waals surface area (Å²) in [6.45, 7) is 6.48. The Morgan fingerprint density at radius 3 is 2.08 bits per heavy atom. The molecule has 0 spiro atoms. The second kappa shape index (κ2) is 9.13. The van der Waals surface area contributed by atoms with Crippen LogP contribution in [0, 0.1) is 5.92 Å². The first-order valence-electron chi connectivity index (χ1n) is 8.69. The standard InChI is InChI=1S/C21H27NO4/c1-14(2)15(3)22-21(23)17-11-18(24-4)20(19(12-17)25-5)26-13-16-9-7-6-8-10-16/h6-12,14-15H,13H2,1-5H3,(H,22,23). The van der Waals surface area contributed by atoms with E-state index >= 15 is 0 Å². The molecule has 0 saturated carbocycles. The number of amides is 1. The van der Waals surface area contributed by atoms with Gasteiger partial charge in [-0.2, -0.15) is 0 Å². The maximum absolute atomic E-state index is 12.5. The number of carbonyl (C=O) groups is 1. The van der Waals surface area contributed by atoms with E-state index in [1.165, 1.54) is 0 Å². The number of hydrogen-bond acceptors (Lipinski definition) is 4. The molecule has 2 aromatic rings. The van der Waals surface area contributed by atoms with Crippen LogP contribution in [0.1, 0.15) is 36.7 Å². The van der Waals surface area contributed by atoms with Gasteiger partial charge in [0.25, 0.3) is 5.91 Å². The van der Waals surface area contributed by atoms with Gasteiger partial charge in [-0.3, -0.25) is 4.79 Å². The number of nitrogens with one attached hydrogen (secondary N) is 1. The van der Waals surface area contributed by atoms with Crippen LogP contribution in [0.25, 0.3) is 0 Å². The van der Waals surface area contributed by atoms with Gasteiger partial charge in [0, 0.05) is 11.6 Å². The molecule has 0 aromatic heterocycles. The van der Waals surface area contributed by atoms with E-state index in [9.17, 15) is 4.79 Å². The highest BCUT2D eigenvalue weighted by Gasteiger charge is 2.19. The molecule has 140 valence electrons. The van der Waals surface area contributed by atoms with Crippen molar-refractivity contribution in [3.63, 3.8) is 0 Å². The highest BCUT2D eigenvalue weighted by Crippen LogP contribution is 2.39. The van der Waals surface area contributed by atoms with Crippen molar-refractivity contribution in [2.75, 3.05) is 14.2 Å². The fraction of sp³-hybridized carbons (Fsp3) is 0.381. The fourth-order valence-electron chi connectivity index (χ4n) is 2.34. The van der Waals surface area contributed by atoms with E-state index in [1.54, 1.807) is 26.4 Å². The van der Waals surface area contributed by atoms with E-state index in [-0.39, 0.29) is 11.9 Å². The molecule has 26 heavy (non-hydrogen) atoms. The molecule has 1 N–H and O–H groups in total. The number of benzene rings is 2. The maximum Gasteiger partial charge on any atom is 0.251 e. The molecule has 5 heteroatoms. The SMILES string of the molecule is COc1cc(C(=O)NC(C)C(C)C)cc(OC)c1OCc1ccccc1. The molecule has 5 nitrogen and oxygen atoms in total. The van der Waals surface area contributed by atoms with Crippen LogP contribution in [0.2, 0.25) is 0 Å². The summed E-state index contributed by atoms with van der Waals surface area (Å²) >= 11 is 0. The van der Waals surface area contributed by atoms with Gasteiger partial charge in [-0.15, -0.1) is 0 Å². The van der Waals surface area contributed by atoms with Crippen molar-refractivity contribution >= 4 is 5.91 Å². The zero-order valence-electron chi connectivity index (χ0n) is 16.0. The Hall–Kier alpha value is -2.69. The molecule has 2 rings (SSSR count). The van der Waals surface area contributed by atoms with Gasteiger partial charge < -0.3 is 19.5 Å². The highest BCUT2D eigenvalue weighted by atomic mass is 16.5. The number of carbonyl (C=O) groups excluding carboxylic acids is 1. The molecule has 0 heterocycles. The van der Waals surface area contributed by atoms with Crippen LogP contribution < -0.4 is 19.5 Å². The minimum atomic E-state index is -0.169. The molecule has 2 aromatic carbocycles. The predicted octanol–water partition coefficient (Wildman–Crippen LogP) is 4.06. The van der Waals surface area contributed by atoms with Crippen LogP contribution >= 0.6 is 0 Å². The number of methoxy groups -OCH3 is 2. The Morgan fingerprint density at radius 2 is 1.58 bits per heavy atom. The molecule has 0 aliphatic heterocycles. The summed E-state index contributed by atoms with van der Waals surface area (Å²) in [6.07, 6.45) is 0. The van der Waals surface area contributed by atoms with Crippen molar-refractivity contribution in [3.8, 4) is 17.2 Å². The van der Waals surface area contributed by atoms with Crippen LogP contribution in [0.5, 0.6) is 17.2 Å². The minimum Gasteiger partial charge on any atom is -0.493 e. The summed E-state index contributed by atoms with van der Waals surface area (Å²) in [5.74, 6) is 1.58. The molecule has 0 fully saturated rings. The Kier molecular flexibility index (Phi) is 6.89. The third-order valence-electron chi connectivity index (χ3n) is 4.31. The average molecular weight is 357 g/mol. The van der Waals surface area contributed by atoms with E-state index in [0.717, 1.165) is 5.56 Å². The van der Waals surface area contributed by atoms with Crippen molar-refractivity contribution < 1.29 is 19.0 Å².